The molecule has 0 bridgehead atoms. The fraction of sp³-hybridized carbons (Fsp3) is 0.878. The van der Waals surface area contributed by atoms with Crippen LogP contribution in [0.1, 0.15) is 132 Å². The van der Waals surface area contributed by atoms with E-state index in [4.69, 9.17) is 9.47 Å². The summed E-state index contributed by atoms with van der Waals surface area (Å²) in [6.45, 7) is 24.0. The van der Waals surface area contributed by atoms with Gasteiger partial charge < -0.3 is 19.5 Å². The largest absolute Gasteiger partial charge is 0.481 e. The zero-order chi connectivity index (χ0) is 35.7. The molecular formula is C41H67NO6. The van der Waals surface area contributed by atoms with Crippen LogP contribution in [0.5, 0.6) is 0 Å². The number of methoxy groups -OCH3 is 1. The smallest absolute Gasteiger partial charge is 0.306 e. The maximum absolute atomic E-state index is 14.4. The van der Waals surface area contributed by atoms with Crippen molar-refractivity contribution in [3.63, 3.8) is 0 Å². The number of carboxylic acids is 1. The number of likely N-dealkylation sites (N-methyl/N-ethyl adjacent to an activating group) is 1. The predicted octanol–water partition coefficient (Wildman–Crippen LogP) is 8.55. The third-order valence-corrected chi connectivity index (χ3v) is 15.9. The molecule has 5 fully saturated rings. The maximum atomic E-state index is 14.4. The first-order valence-corrected chi connectivity index (χ1v) is 19.0. The molecule has 0 aromatic heterocycles. The Morgan fingerprint density at radius 3 is 2.19 bits per heavy atom. The van der Waals surface area contributed by atoms with Gasteiger partial charge in [0.2, 0.25) is 5.91 Å². The number of carboxylic acid groups (broad SMARTS) is 1. The Bertz CT molecular complexity index is 1290. The summed E-state index contributed by atoms with van der Waals surface area (Å²) in [7, 11) is 3.68. The zero-order valence-electron chi connectivity index (χ0n) is 32.0. The lowest BCUT2D eigenvalue weighted by molar-refractivity contribution is -0.250. The van der Waals surface area contributed by atoms with Crippen LogP contribution in [0.3, 0.4) is 0 Å². The minimum absolute atomic E-state index is 0.0509. The number of esters is 1. The number of hydrogen-bond acceptors (Lipinski definition) is 5. The molecule has 5 aliphatic carbocycles. The van der Waals surface area contributed by atoms with Crippen LogP contribution >= 0.6 is 0 Å². The van der Waals surface area contributed by atoms with Crippen LogP contribution in [0, 0.1) is 62.1 Å². The fourth-order valence-corrected chi connectivity index (χ4v) is 13.5. The molecule has 0 aromatic carbocycles. The number of hydrogen-bond donors (Lipinski definition) is 1. The van der Waals surface area contributed by atoms with Crippen molar-refractivity contribution in [2.45, 2.75) is 139 Å². The lowest BCUT2D eigenvalue weighted by Crippen LogP contribution is -2.67. The number of amides is 1. The van der Waals surface area contributed by atoms with Crippen molar-refractivity contribution in [1.29, 1.82) is 0 Å². The molecule has 0 aliphatic heterocycles. The number of rotatable bonds is 10. The van der Waals surface area contributed by atoms with E-state index in [1.807, 2.05) is 25.8 Å². The van der Waals surface area contributed by atoms with E-state index < -0.39 is 11.4 Å². The average Bonchev–Trinajstić information content (AvgIpc) is 3.37. The first-order chi connectivity index (χ1) is 22.2. The van der Waals surface area contributed by atoms with Crippen molar-refractivity contribution in [2.75, 3.05) is 27.3 Å². The molecule has 0 saturated heterocycles. The van der Waals surface area contributed by atoms with Gasteiger partial charge in [-0.2, -0.15) is 0 Å². The second-order valence-corrected chi connectivity index (χ2v) is 19.3. The minimum atomic E-state index is -0.886. The highest BCUT2D eigenvalue weighted by Gasteiger charge is 2.72. The lowest BCUT2D eigenvalue weighted by Gasteiger charge is -2.73. The molecule has 3 unspecified atom stereocenters. The van der Waals surface area contributed by atoms with Gasteiger partial charge >= 0.3 is 11.9 Å². The lowest BCUT2D eigenvalue weighted by atomic mass is 9.32. The van der Waals surface area contributed by atoms with E-state index in [1.54, 1.807) is 7.11 Å². The van der Waals surface area contributed by atoms with Gasteiger partial charge in [0, 0.05) is 26.1 Å². The van der Waals surface area contributed by atoms with E-state index in [0.29, 0.717) is 48.6 Å². The third-order valence-electron chi connectivity index (χ3n) is 15.9. The van der Waals surface area contributed by atoms with Gasteiger partial charge in [-0.15, -0.1) is 0 Å². The Morgan fingerprint density at radius 2 is 1.56 bits per heavy atom. The van der Waals surface area contributed by atoms with E-state index in [1.165, 1.54) is 24.8 Å². The number of ether oxygens (including phenoxy) is 2. The van der Waals surface area contributed by atoms with E-state index in [9.17, 15) is 19.5 Å². The van der Waals surface area contributed by atoms with Crippen molar-refractivity contribution in [3.05, 3.63) is 12.2 Å². The molecule has 10 atom stereocenters. The van der Waals surface area contributed by atoms with Crippen molar-refractivity contribution in [1.82, 2.24) is 4.90 Å². The van der Waals surface area contributed by atoms with Crippen molar-refractivity contribution < 1.29 is 29.0 Å². The van der Waals surface area contributed by atoms with Crippen molar-refractivity contribution in [2.24, 2.45) is 62.1 Å². The van der Waals surface area contributed by atoms with Crippen LogP contribution in [0.2, 0.25) is 0 Å². The Morgan fingerprint density at radius 1 is 0.875 bits per heavy atom. The van der Waals surface area contributed by atoms with Gasteiger partial charge in [-0.05, 0) is 122 Å². The van der Waals surface area contributed by atoms with Gasteiger partial charge in [0.1, 0.15) is 6.10 Å². The summed E-state index contributed by atoms with van der Waals surface area (Å²) in [5.74, 6) is 1.42. The number of nitrogens with zero attached hydrogens (tertiary/aromatic N) is 1. The number of carbonyl (C=O) groups is 3. The molecule has 7 heteroatoms. The molecule has 1 N–H and O–H groups in total. The molecule has 0 spiro atoms. The monoisotopic (exact) mass is 669 g/mol. The number of fused-ring (bicyclic) bond motifs is 7. The third kappa shape index (κ3) is 5.78. The van der Waals surface area contributed by atoms with Crippen LogP contribution in [0.25, 0.3) is 0 Å². The van der Waals surface area contributed by atoms with E-state index in [2.05, 4.69) is 48.1 Å². The van der Waals surface area contributed by atoms with Gasteiger partial charge in [0.25, 0.3) is 0 Å². The summed E-state index contributed by atoms with van der Waals surface area (Å²) in [6.07, 6.45) is 10.6. The summed E-state index contributed by atoms with van der Waals surface area (Å²) in [5, 5.41) is 9.32. The van der Waals surface area contributed by atoms with E-state index >= 15 is 0 Å². The Hall–Kier alpha value is -1.89. The highest BCUT2D eigenvalue weighted by molar-refractivity contribution is 5.84. The molecule has 5 rings (SSSR count). The molecular weight excluding hydrogens is 602 g/mol. The average molecular weight is 670 g/mol. The van der Waals surface area contributed by atoms with Gasteiger partial charge in [-0.1, -0.05) is 60.6 Å². The normalized spacial score (nSPS) is 41.6. The van der Waals surface area contributed by atoms with Gasteiger partial charge in [0.15, 0.2) is 0 Å². The predicted molar refractivity (Wildman–Crippen MR) is 189 cm³/mol. The van der Waals surface area contributed by atoms with Gasteiger partial charge in [-0.25, -0.2) is 0 Å². The second kappa shape index (κ2) is 12.7. The molecule has 0 radical (unpaired) electrons. The Kier molecular flexibility index (Phi) is 9.89. The molecule has 5 aliphatic rings. The van der Waals surface area contributed by atoms with Gasteiger partial charge in [-0.3, -0.25) is 14.4 Å². The molecule has 7 nitrogen and oxygen atoms in total. The molecule has 0 aromatic rings. The molecule has 0 heterocycles. The fourth-order valence-electron chi connectivity index (χ4n) is 13.5. The van der Waals surface area contributed by atoms with Crippen LogP contribution in [0.4, 0.5) is 0 Å². The van der Waals surface area contributed by atoms with E-state index in [0.717, 1.165) is 44.9 Å². The molecule has 272 valence electrons. The summed E-state index contributed by atoms with van der Waals surface area (Å²) < 4.78 is 11.6. The number of allylic oxidation sites excluding steroid dienone is 1. The summed E-state index contributed by atoms with van der Waals surface area (Å²) in [4.78, 5) is 41.0. The standard InChI is InChI=1S/C41H67NO6/c1-26(2)27-14-19-41(35(46)42(10)22-23-47-11)21-20-39(8)28(34(27)41)12-13-30-38(7)17-16-31(37(5,6)29(38)15-18-40(30,39)9)48-33(45)25-36(3,4)24-32(43)44/h27-31,34H,1,12-25H2,2-11H3,(H,43,44)/t27-,28+,29?,30?,31-,34?,38-,39+,40+,41-/m0/s1. The maximum Gasteiger partial charge on any atom is 0.306 e. The zero-order valence-corrected chi connectivity index (χ0v) is 32.0. The SMILES string of the molecule is C=C(C)[C@@H]1CC[C@]2(C(=O)N(C)CCOC)CC[C@]3(C)[C@H](CCC4[C@@]5(C)CC[C@H](OC(=O)CC(C)(C)CC(=O)O)C(C)(C)C5CC[C@]43C)C12. The summed E-state index contributed by atoms with van der Waals surface area (Å²) in [5.41, 5.74) is 0.596. The summed E-state index contributed by atoms with van der Waals surface area (Å²) >= 11 is 0. The Balaban J connectivity index is 1.41. The Labute approximate surface area is 291 Å². The summed E-state index contributed by atoms with van der Waals surface area (Å²) in [6, 6.07) is 0. The molecule has 5 saturated carbocycles. The van der Waals surface area contributed by atoms with Gasteiger partial charge in [0.05, 0.1) is 24.9 Å². The quantitative estimate of drug-likeness (QED) is 0.185. The highest BCUT2D eigenvalue weighted by Crippen LogP contribution is 2.77. The van der Waals surface area contributed by atoms with Crippen LogP contribution < -0.4 is 0 Å². The van der Waals surface area contributed by atoms with Crippen LogP contribution in [-0.4, -0.2) is 61.3 Å². The van der Waals surface area contributed by atoms with Crippen LogP contribution in [-0.2, 0) is 23.9 Å². The number of carbonyl (C=O) groups excluding carboxylic acids is 2. The van der Waals surface area contributed by atoms with Crippen LogP contribution in [0.15, 0.2) is 12.2 Å². The molecule has 1 amide bonds. The topological polar surface area (TPSA) is 93.1 Å². The highest BCUT2D eigenvalue weighted by atomic mass is 16.5. The minimum Gasteiger partial charge on any atom is -0.481 e. The first kappa shape index (κ1) is 37.4. The van der Waals surface area contributed by atoms with Crippen molar-refractivity contribution in [3.8, 4) is 0 Å². The molecule has 48 heavy (non-hydrogen) atoms. The number of aliphatic carboxylic acids is 1. The second-order valence-electron chi connectivity index (χ2n) is 19.3. The van der Waals surface area contributed by atoms with Crippen molar-refractivity contribution >= 4 is 17.8 Å². The first-order valence-electron chi connectivity index (χ1n) is 19.0. The van der Waals surface area contributed by atoms with E-state index in [-0.39, 0.29) is 52.0 Å².